The van der Waals surface area contributed by atoms with Crippen molar-refractivity contribution >= 4 is 11.8 Å². The van der Waals surface area contributed by atoms with Crippen LogP contribution in [0, 0.1) is 0 Å². The number of hydrogen-bond donors (Lipinski definition) is 0. The fraction of sp³-hybridized carbons (Fsp3) is 0.143. The third-order valence-electron chi connectivity index (χ3n) is 4.16. The molecular weight excluding hydrogens is 386 g/mol. The molecular formula is C21H19N5O2S. The second-order valence-corrected chi connectivity index (χ2v) is 7.03. The lowest BCUT2D eigenvalue weighted by molar-refractivity contribution is 0.301. The number of ether oxygens (including phenoxy) is 2. The molecule has 0 bridgehead atoms. The van der Waals surface area contributed by atoms with Crippen LogP contribution in [0.2, 0.25) is 0 Å². The number of pyridine rings is 1. The van der Waals surface area contributed by atoms with E-state index in [4.69, 9.17) is 9.47 Å². The predicted molar refractivity (Wildman–Crippen MR) is 110 cm³/mol. The Morgan fingerprint density at radius 2 is 1.79 bits per heavy atom. The second-order valence-electron chi connectivity index (χ2n) is 6.09. The molecule has 146 valence electrons. The van der Waals surface area contributed by atoms with Crippen LogP contribution in [0.3, 0.4) is 0 Å². The molecule has 8 heteroatoms. The van der Waals surface area contributed by atoms with E-state index in [-0.39, 0.29) is 0 Å². The van der Waals surface area contributed by atoms with E-state index in [0.29, 0.717) is 11.8 Å². The number of aromatic nitrogens is 5. The average Bonchev–Trinajstić information content (AvgIpc) is 3.26. The molecule has 2 heterocycles. The summed E-state index contributed by atoms with van der Waals surface area (Å²) in [6, 6.07) is 21.4. The van der Waals surface area contributed by atoms with Gasteiger partial charge in [-0.25, -0.2) is 0 Å². The van der Waals surface area contributed by atoms with Gasteiger partial charge >= 0.3 is 0 Å². The summed E-state index contributed by atoms with van der Waals surface area (Å²) in [4.78, 5) is 4.26. The van der Waals surface area contributed by atoms with Crippen LogP contribution in [0.5, 0.6) is 11.5 Å². The molecule has 2 aromatic carbocycles. The Hall–Kier alpha value is -3.39. The zero-order valence-corrected chi connectivity index (χ0v) is 16.6. The van der Waals surface area contributed by atoms with Crippen LogP contribution in [0.4, 0.5) is 0 Å². The minimum Gasteiger partial charge on any atom is -0.494 e. The third-order valence-corrected chi connectivity index (χ3v) is 5.15. The zero-order chi connectivity index (χ0) is 19.9. The fourth-order valence-electron chi connectivity index (χ4n) is 2.70. The quantitative estimate of drug-likeness (QED) is 0.411. The van der Waals surface area contributed by atoms with Crippen LogP contribution in [0.25, 0.3) is 5.69 Å². The standard InChI is InChI=1S/C21H19N5O2S/c1-27-20-8-3-2-7-19(20)26-21(23-24-25-26)29-15-16-9-11-18(12-10-16)28-14-17-6-4-5-13-22-17/h2-13H,14-15H2,1H3. The molecule has 0 aliphatic heterocycles. The van der Waals surface area contributed by atoms with Crippen molar-refractivity contribution in [1.82, 2.24) is 25.2 Å². The molecule has 0 aliphatic rings. The molecule has 0 atom stereocenters. The highest BCUT2D eigenvalue weighted by atomic mass is 32.2. The molecule has 0 unspecified atom stereocenters. The molecule has 0 fully saturated rings. The number of nitrogens with zero attached hydrogens (tertiary/aromatic N) is 5. The summed E-state index contributed by atoms with van der Waals surface area (Å²) in [5.74, 6) is 2.26. The summed E-state index contributed by atoms with van der Waals surface area (Å²) in [7, 11) is 1.63. The second kappa shape index (κ2) is 9.20. The SMILES string of the molecule is COc1ccccc1-n1nnnc1SCc1ccc(OCc2ccccn2)cc1. The Kier molecular flexibility index (Phi) is 6.01. The Bertz CT molecular complexity index is 1050. The molecule has 0 N–H and O–H groups in total. The highest BCUT2D eigenvalue weighted by Crippen LogP contribution is 2.27. The Morgan fingerprint density at radius 3 is 2.59 bits per heavy atom. The van der Waals surface area contributed by atoms with Gasteiger partial charge in [0.25, 0.3) is 0 Å². The molecule has 4 aromatic rings. The van der Waals surface area contributed by atoms with E-state index in [1.807, 2.05) is 66.7 Å². The van der Waals surface area contributed by atoms with Crippen LogP contribution in [0.1, 0.15) is 11.3 Å². The number of rotatable bonds is 8. The average molecular weight is 405 g/mol. The van der Waals surface area contributed by atoms with Crippen molar-refractivity contribution in [3.05, 3.63) is 84.2 Å². The van der Waals surface area contributed by atoms with Crippen molar-refractivity contribution in [2.75, 3.05) is 7.11 Å². The first-order chi connectivity index (χ1) is 14.3. The molecule has 0 aliphatic carbocycles. The number of tetrazole rings is 1. The normalized spacial score (nSPS) is 10.7. The summed E-state index contributed by atoms with van der Waals surface area (Å²) >= 11 is 1.56. The zero-order valence-electron chi connectivity index (χ0n) is 15.8. The largest absolute Gasteiger partial charge is 0.494 e. The van der Waals surface area contributed by atoms with Crippen LogP contribution in [0.15, 0.2) is 78.1 Å². The summed E-state index contributed by atoms with van der Waals surface area (Å²) in [5, 5.41) is 12.8. The number of methoxy groups -OCH3 is 1. The summed E-state index contributed by atoms with van der Waals surface area (Å²) < 4.78 is 12.9. The van der Waals surface area contributed by atoms with Gasteiger partial charge in [0, 0.05) is 11.9 Å². The van der Waals surface area contributed by atoms with Crippen molar-refractivity contribution in [2.24, 2.45) is 0 Å². The van der Waals surface area contributed by atoms with Crippen LogP contribution in [-0.4, -0.2) is 32.3 Å². The van der Waals surface area contributed by atoms with Gasteiger partial charge in [-0.1, -0.05) is 42.1 Å². The molecule has 0 saturated carbocycles. The van der Waals surface area contributed by atoms with Gasteiger partial charge in [-0.15, -0.1) is 5.10 Å². The first kappa shape index (κ1) is 18.9. The lowest BCUT2D eigenvalue weighted by Crippen LogP contribution is -2.01. The van der Waals surface area contributed by atoms with Crippen LogP contribution < -0.4 is 9.47 Å². The van der Waals surface area contributed by atoms with Gasteiger partial charge in [-0.2, -0.15) is 4.68 Å². The van der Waals surface area contributed by atoms with E-state index in [1.54, 1.807) is 29.8 Å². The van der Waals surface area contributed by atoms with Crippen molar-refractivity contribution in [1.29, 1.82) is 0 Å². The van der Waals surface area contributed by atoms with E-state index >= 15 is 0 Å². The highest BCUT2D eigenvalue weighted by molar-refractivity contribution is 7.98. The van der Waals surface area contributed by atoms with Crippen LogP contribution >= 0.6 is 11.8 Å². The smallest absolute Gasteiger partial charge is 0.214 e. The number of thioether (sulfide) groups is 1. The Labute approximate surface area is 172 Å². The van der Waals surface area contributed by atoms with E-state index < -0.39 is 0 Å². The minimum atomic E-state index is 0.447. The van der Waals surface area contributed by atoms with Gasteiger partial charge in [0.1, 0.15) is 23.8 Å². The van der Waals surface area contributed by atoms with Crippen molar-refractivity contribution < 1.29 is 9.47 Å². The van der Waals surface area contributed by atoms with Crippen molar-refractivity contribution in [2.45, 2.75) is 17.5 Å². The first-order valence-corrected chi connectivity index (χ1v) is 9.98. The maximum atomic E-state index is 5.78. The topological polar surface area (TPSA) is 75.0 Å². The molecule has 0 radical (unpaired) electrons. The van der Waals surface area contributed by atoms with Gasteiger partial charge in [0.15, 0.2) is 0 Å². The maximum Gasteiger partial charge on any atom is 0.214 e. The fourth-order valence-corrected chi connectivity index (χ4v) is 3.54. The molecule has 2 aromatic heterocycles. The minimum absolute atomic E-state index is 0.447. The van der Waals surface area contributed by atoms with Gasteiger partial charge in [-0.05, 0) is 52.4 Å². The van der Waals surface area contributed by atoms with Gasteiger partial charge < -0.3 is 9.47 Å². The van der Waals surface area contributed by atoms with E-state index in [1.165, 1.54) is 0 Å². The number of benzene rings is 2. The lowest BCUT2D eigenvalue weighted by atomic mass is 10.2. The maximum absolute atomic E-state index is 5.78. The summed E-state index contributed by atoms with van der Waals surface area (Å²) in [6.45, 7) is 0.447. The molecule has 0 amide bonds. The Balaban J connectivity index is 1.38. The third kappa shape index (κ3) is 4.72. The molecule has 7 nitrogen and oxygen atoms in total. The lowest BCUT2D eigenvalue weighted by Gasteiger charge is -2.09. The number of hydrogen-bond acceptors (Lipinski definition) is 7. The molecule has 0 saturated heterocycles. The van der Waals surface area contributed by atoms with Crippen LogP contribution in [-0.2, 0) is 12.4 Å². The summed E-state index contributed by atoms with van der Waals surface area (Å²) in [5.41, 5.74) is 2.85. The number of para-hydroxylation sites is 2. The summed E-state index contributed by atoms with van der Waals surface area (Å²) in [6.07, 6.45) is 1.76. The van der Waals surface area contributed by atoms with Gasteiger partial charge in [0.05, 0.1) is 12.8 Å². The van der Waals surface area contributed by atoms with E-state index in [9.17, 15) is 0 Å². The van der Waals surface area contributed by atoms with Gasteiger partial charge in [0.2, 0.25) is 5.16 Å². The molecule has 29 heavy (non-hydrogen) atoms. The van der Waals surface area contributed by atoms with E-state index in [2.05, 4.69) is 20.5 Å². The molecule has 4 rings (SSSR count). The Morgan fingerprint density at radius 1 is 0.966 bits per heavy atom. The first-order valence-electron chi connectivity index (χ1n) is 9.00. The molecule has 0 spiro atoms. The monoisotopic (exact) mass is 405 g/mol. The van der Waals surface area contributed by atoms with Crippen molar-refractivity contribution in [3.8, 4) is 17.2 Å². The highest BCUT2D eigenvalue weighted by Gasteiger charge is 2.13. The van der Waals surface area contributed by atoms with Crippen molar-refractivity contribution in [3.63, 3.8) is 0 Å². The van der Waals surface area contributed by atoms with Gasteiger partial charge in [-0.3, -0.25) is 4.98 Å². The predicted octanol–water partition coefficient (Wildman–Crippen LogP) is 3.94. The van der Waals surface area contributed by atoms with E-state index in [0.717, 1.165) is 34.2 Å².